The molecule has 2 aromatic carbocycles. The van der Waals surface area contributed by atoms with E-state index in [2.05, 4.69) is 22.0 Å². The Balaban J connectivity index is 1.40. The molecule has 0 aliphatic heterocycles. The third-order valence-electron chi connectivity index (χ3n) is 4.87. The van der Waals surface area contributed by atoms with Gasteiger partial charge >= 0.3 is 0 Å². The van der Waals surface area contributed by atoms with E-state index in [0.717, 1.165) is 24.2 Å². The largest absolute Gasteiger partial charge is 0.497 e. The van der Waals surface area contributed by atoms with E-state index in [1.165, 1.54) is 4.88 Å². The Labute approximate surface area is 197 Å². The first-order valence-corrected chi connectivity index (χ1v) is 11.5. The van der Waals surface area contributed by atoms with Gasteiger partial charge < -0.3 is 20.7 Å². The number of benzene rings is 2. The molecule has 3 N–H and O–H groups in total. The van der Waals surface area contributed by atoms with Crippen LogP contribution in [-0.4, -0.2) is 31.4 Å². The Bertz CT molecular complexity index is 1070. The van der Waals surface area contributed by atoms with Crippen molar-refractivity contribution in [1.29, 1.82) is 0 Å². The van der Waals surface area contributed by atoms with Gasteiger partial charge in [-0.25, -0.2) is 0 Å². The zero-order valence-electron chi connectivity index (χ0n) is 18.4. The van der Waals surface area contributed by atoms with Crippen LogP contribution in [0.25, 0.3) is 0 Å². The molecule has 33 heavy (non-hydrogen) atoms. The second kappa shape index (κ2) is 12.4. The maximum absolute atomic E-state index is 12.4. The van der Waals surface area contributed by atoms with Gasteiger partial charge in [-0.2, -0.15) is 0 Å². The number of carbonyl (C=O) groups is 3. The summed E-state index contributed by atoms with van der Waals surface area (Å²) in [6.07, 6.45) is 2.04. The second-order valence-corrected chi connectivity index (χ2v) is 8.40. The monoisotopic (exact) mass is 465 g/mol. The number of rotatable bonds is 11. The molecule has 7 nitrogen and oxygen atoms in total. The molecule has 0 radical (unpaired) electrons. The fourth-order valence-electron chi connectivity index (χ4n) is 3.11. The van der Waals surface area contributed by atoms with Crippen molar-refractivity contribution in [3.8, 4) is 5.75 Å². The Hall–Kier alpha value is -3.65. The van der Waals surface area contributed by atoms with Crippen molar-refractivity contribution >= 4 is 34.7 Å². The van der Waals surface area contributed by atoms with Crippen molar-refractivity contribution in [2.75, 3.05) is 19.0 Å². The molecule has 0 aliphatic carbocycles. The maximum Gasteiger partial charge on any atom is 0.251 e. The summed E-state index contributed by atoms with van der Waals surface area (Å²) in [5, 5.41) is 10.2. The summed E-state index contributed by atoms with van der Waals surface area (Å²) in [6, 6.07) is 18.1. The summed E-state index contributed by atoms with van der Waals surface area (Å²) in [4.78, 5) is 37.9. The smallest absolute Gasteiger partial charge is 0.251 e. The van der Waals surface area contributed by atoms with Crippen LogP contribution in [0.5, 0.6) is 5.75 Å². The third-order valence-corrected chi connectivity index (χ3v) is 5.81. The van der Waals surface area contributed by atoms with Crippen LogP contribution in [0.2, 0.25) is 0 Å². The number of ether oxygens (including phenoxy) is 1. The lowest BCUT2D eigenvalue weighted by atomic mass is 10.1. The molecule has 0 atom stereocenters. The van der Waals surface area contributed by atoms with Crippen LogP contribution in [0.4, 0.5) is 5.69 Å². The van der Waals surface area contributed by atoms with Crippen molar-refractivity contribution in [2.24, 2.45) is 0 Å². The lowest BCUT2D eigenvalue weighted by molar-refractivity contribution is -0.120. The molecule has 3 amide bonds. The first kappa shape index (κ1) is 24.0. The molecular weight excluding hydrogens is 438 g/mol. The number of aryl methyl sites for hydroxylation is 1. The number of methoxy groups -OCH3 is 1. The topological polar surface area (TPSA) is 96.5 Å². The van der Waals surface area contributed by atoms with Crippen LogP contribution in [-0.2, 0) is 22.6 Å². The molecule has 3 rings (SSSR count). The Morgan fingerprint density at radius 2 is 1.76 bits per heavy atom. The molecule has 0 spiro atoms. The highest BCUT2D eigenvalue weighted by Gasteiger charge is 2.10. The van der Waals surface area contributed by atoms with Gasteiger partial charge in [0.1, 0.15) is 5.75 Å². The molecular formula is C25H27N3O4S. The highest BCUT2D eigenvalue weighted by Crippen LogP contribution is 2.14. The fourth-order valence-corrected chi connectivity index (χ4v) is 3.86. The normalized spacial score (nSPS) is 10.3. The van der Waals surface area contributed by atoms with Gasteiger partial charge in [0.25, 0.3) is 5.91 Å². The van der Waals surface area contributed by atoms with E-state index in [1.807, 2.05) is 35.7 Å². The molecule has 0 unspecified atom stereocenters. The first-order chi connectivity index (χ1) is 16.0. The van der Waals surface area contributed by atoms with E-state index in [0.29, 0.717) is 24.2 Å². The Kier molecular flexibility index (Phi) is 9.02. The van der Waals surface area contributed by atoms with Crippen molar-refractivity contribution in [1.82, 2.24) is 10.6 Å². The average Bonchev–Trinajstić information content (AvgIpc) is 3.35. The predicted molar refractivity (Wildman–Crippen MR) is 130 cm³/mol. The zero-order chi connectivity index (χ0) is 23.5. The number of amides is 3. The number of carbonyl (C=O) groups excluding carboxylic acids is 3. The van der Waals surface area contributed by atoms with E-state index in [1.54, 1.807) is 42.7 Å². The van der Waals surface area contributed by atoms with Crippen LogP contribution in [0, 0.1) is 0 Å². The van der Waals surface area contributed by atoms with Gasteiger partial charge in [0.15, 0.2) is 0 Å². The molecule has 1 aromatic heterocycles. The van der Waals surface area contributed by atoms with Gasteiger partial charge in [-0.15, -0.1) is 11.3 Å². The van der Waals surface area contributed by atoms with E-state index < -0.39 is 0 Å². The minimum atomic E-state index is -0.386. The van der Waals surface area contributed by atoms with Gasteiger partial charge in [0.2, 0.25) is 11.8 Å². The molecule has 0 fully saturated rings. The van der Waals surface area contributed by atoms with Gasteiger partial charge in [0.05, 0.1) is 13.7 Å². The van der Waals surface area contributed by atoms with E-state index in [9.17, 15) is 14.4 Å². The lowest BCUT2D eigenvalue weighted by Gasteiger charge is -2.09. The summed E-state index contributed by atoms with van der Waals surface area (Å²) < 4.78 is 5.10. The number of nitrogens with one attached hydrogen (secondary N) is 3. The number of hydrogen-bond donors (Lipinski definition) is 3. The number of anilines is 1. The lowest BCUT2D eigenvalue weighted by Crippen LogP contribution is -2.36. The van der Waals surface area contributed by atoms with E-state index in [-0.39, 0.29) is 24.3 Å². The Morgan fingerprint density at radius 1 is 0.939 bits per heavy atom. The maximum atomic E-state index is 12.4. The van der Waals surface area contributed by atoms with Gasteiger partial charge in [-0.3, -0.25) is 14.4 Å². The number of thiophene rings is 1. The van der Waals surface area contributed by atoms with Crippen molar-refractivity contribution in [2.45, 2.75) is 25.8 Å². The first-order valence-electron chi connectivity index (χ1n) is 10.6. The second-order valence-electron chi connectivity index (χ2n) is 7.37. The summed E-state index contributed by atoms with van der Waals surface area (Å²) in [5.41, 5.74) is 1.84. The number of hydrogen-bond acceptors (Lipinski definition) is 5. The van der Waals surface area contributed by atoms with Gasteiger partial charge in [-0.05, 0) is 60.2 Å². The zero-order valence-corrected chi connectivity index (χ0v) is 19.2. The standard InChI is InChI=1S/C25H27N3O4S/c1-32-21-12-10-18(11-13-21)16-26-24(30)17-27-25(31)19-5-2-6-20(15-19)28-23(29)9-3-7-22-8-4-14-33-22/h2,4-6,8,10-15H,3,7,9,16-17H2,1H3,(H,26,30)(H,27,31)(H,28,29). The summed E-state index contributed by atoms with van der Waals surface area (Å²) in [7, 11) is 1.59. The SMILES string of the molecule is COc1ccc(CNC(=O)CNC(=O)c2cccc(NC(=O)CCCc3cccs3)c2)cc1. The molecule has 0 aliphatic rings. The summed E-state index contributed by atoms with van der Waals surface area (Å²) in [5.74, 6) is -0.0334. The highest BCUT2D eigenvalue weighted by molar-refractivity contribution is 7.09. The van der Waals surface area contributed by atoms with Crippen LogP contribution in [0.15, 0.2) is 66.0 Å². The average molecular weight is 466 g/mol. The van der Waals surface area contributed by atoms with Crippen LogP contribution >= 0.6 is 11.3 Å². The quantitative estimate of drug-likeness (QED) is 0.402. The molecule has 3 aromatic rings. The van der Waals surface area contributed by atoms with Crippen molar-refractivity contribution in [3.63, 3.8) is 0 Å². The van der Waals surface area contributed by atoms with E-state index >= 15 is 0 Å². The molecule has 0 bridgehead atoms. The van der Waals surface area contributed by atoms with Gasteiger partial charge in [-0.1, -0.05) is 24.3 Å². The van der Waals surface area contributed by atoms with Crippen LogP contribution in [0.1, 0.15) is 33.6 Å². The summed E-state index contributed by atoms with van der Waals surface area (Å²) >= 11 is 1.68. The molecule has 8 heteroatoms. The van der Waals surface area contributed by atoms with Crippen molar-refractivity contribution in [3.05, 3.63) is 82.0 Å². The van der Waals surface area contributed by atoms with Crippen molar-refractivity contribution < 1.29 is 19.1 Å². The van der Waals surface area contributed by atoms with Crippen LogP contribution < -0.4 is 20.7 Å². The fraction of sp³-hybridized carbons (Fsp3) is 0.240. The third kappa shape index (κ3) is 8.08. The molecule has 0 saturated carbocycles. The van der Waals surface area contributed by atoms with Gasteiger partial charge in [0, 0.05) is 29.1 Å². The molecule has 1 heterocycles. The highest BCUT2D eigenvalue weighted by atomic mass is 32.1. The van der Waals surface area contributed by atoms with E-state index in [4.69, 9.17) is 4.74 Å². The minimum Gasteiger partial charge on any atom is -0.497 e. The van der Waals surface area contributed by atoms with Crippen LogP contribution in [0.3, 0.4) is 0 Å². The summed E-state index contributed by atoms with van der Waals surface area (Å²) in [6.45, 7) is 0.209. The Morgan fingerprint density at radius 3 is 2.48 bits per heavy atom. The molecule has 172 valence electrons. The predicted octanol–water partition coefficient (Wildman–Crippen LogP) is 3.76. The minimum absolute atomic E-state index is 0.0953. The molecule has 0 saturated heterocycles.